The van der Waals surface area contributed by atoms with E-state index in [4.69, 9.17) is 5.21 Å². The van der Waals surface area contributed by atoms with E-state index in [0.717, 1.165) is 16.7 Å². The standard InChI is InChI=1S/C16H21N3O5S/c1-11-7-13(20)3-4-14(11)12-8-17-19(9-12)6-5-16(2,10-25(23)24)15(21)18-22/h3-4,7-9,20,22,25H,5-6,10H2,1-2H3,(H,18,21). The van der Waals surface area contributed by atoms with Gasteiger partial charge in [0.05, 0.1) is 17.4 Å². The number of carbonyl (C=O) groups excluding carboxylic acids is 1. The fourth-order valence-electron chi connectivity index (χ4n) is 2.64. The number of amides is 1. The Morgan fingerprint density at radius 2 is 2.12 bits per heavy atom. The molecule has 1 heterocycles. The highest BCUT2D eigenvalue weighted by molar-refractivity contribution is 7.72. The molecule has 0 bridgehead atoms. The third kappa shape index (κ3) is 4.58. The van der Waals surface area contributed by atoms with E-state index in [1.165, 1.54) is 12.4 Å². The summed E-state index contributed by atoms with van der Waals surface area (Å²) in [5, 5.41) is 22.6. The molecular formula is C16H21N3O5S. The van der Waals surface area contributed by atoms with E-state index in [9.17, 15) is 18.3 Å². The van der Waals surface area contributed by atoms with Crippen molar-refractivity contribution in [2.24, 2.45) is 5.41 Å². The average molecular weight is 367 g/mol. The summed E-state index contributed by atoms with van der Waals surface area (Å²) in [6.45, 7) is 3.67. The minimum atomic E-state index is -2.77. The number of aromatic nitrogens is 2. The zero-order valence-corrected chi connectivity index (χ0v) is 14.9. The Bertz CT molecular complexity index is 838. The fourth-order valence-corrected chi connectivity index (χ4v) is 3.51. The Morgan fingerprint density at radius 1 is 1.40 bits per heavy atom. The fraction of sp³-hybridized carbons (Fsp3) is 0.375. The van der Waals surface area contributed by atoms with E-state index in [-0.39, 0.29) is 17.9 Å². The molecule has 0 saturated carbocycles. The van der Waals surface area contributed by atoms with Crippen LogP contribution in [0.4, 0.5) is 0 Å². The lowest BCUT2D eigenvalue weighted by molar-refractivity contribution is -0.138. The Labute approximate surface area is 147 Å². The number of hydrogen-bond donors (Lipinski definition) is 4. The molecule has 3 N–H and O–H groups in total. The Kier molecular flexibility index (Phi) is 5.81. The number of thiol groups is 1. The lowest BCUT2D eigenvalue weighted by Crippen LogP contribution is -2.41. The molecule has 0 spiro atoms. The van der Waals surface area contributed by atoms with E-state index in [1.54, 1.807) is 35.3 Å². The van der Waals surface area contributed by atoms with E-state index in [2.05, 4.69) is 5.10 Å². The number of benzene rings is 1. The maximum atomic E-state index is 11.8. The number of carbonyl (C=O) groups is 1. The summed E-state index contributed by atoms with van der Waals surface area (Å²) in [4.78, 5) is 11.8. The second kappa shape index (κ2) is 7.66. The van der Waals surface area contributed by atoms with Crippen molar-refractivity contribution in [2.75, 3.05) is 5.75 Å². The molecule has 9 heteroatoms. The van der Waals surface area contributed by atoms with Gasteiger partial charge >= 0.3 is 0 Å². The summed E-state index contributed by atoms with van der Waals surface area (Å²) in [5.41, 5.74) is 2.95. The highest BCUT2D eigenvalue weighted by Crippen LogP contribution is 2.27. The minimum absolute atomic E-state index is 0.186. The van der Waals surface area contributed by atoms with Crippen molar-refractivity contribution in [3.05, 3.63) is 36.2 Å². The van der Waals surface area contributed by atoms with Gasteiger partial charge in [0.1, 0.15) is 16.5 Å². The number of hydroxylamine groups is 1. The van der Waals surface area contributed by atoms with Crippen molar-refractivity contribution in [1.29, 1.82) is 0 Å². The van der Waals surface area contributed by atoms with Crippen LogP contribution in [0, 0.1) is 12.3 Å². The van der Waals surface area contributed by atoms with Gasteiger partial charge in [0, 0.05) is 18.3 Å². The first-order valence-electron chi connectivity index (χ1n) is 7.64. The van der Waals surface area contributed by atoms with Gasteiger partial charge in [0.25, 0.3) is 0 Å². The predicted molar refractivity (Wildman–Crippen MR) is 91.9 cm³/mol. The summed E-state index contributed by atoms with van der Waals surface area (Å²) in [6, 6.07) is 5.03. The van der Waals surface area contributed by atoms with Gasteiger partial charge in [-0.3, -0.25) is 14.7 Å². The van der Waals surface area contributed by atoms with E-state index < -0.39 is 22.0 Å². The van der Waals surface area contributed by atoms with Gasteiger partial charge in [-0.1, -0.05) is 6.07 Å². The summed E-state index contributed by atoms with van der Waals surface area (Å²) in [6.07, 6.45) is 3.64. The highest BCUT2D eigenvalue weighted by atomic mass is 32.2. The van der Waals surface area contributed by atoms with E-state index >= 15 is 0 Å². The summed E-state index contributed by atoms with van der Waals surface area (Å²) >= 11 is 0. The largest absolute Gasteiger partial charge is 0.508 e. The van der Waals surface area contributed by atoms with Crippen LogP contribution in [0.2, 0.25) is 0 Å². The monoisotopic (exact) mass is 367 g/mol. The molecule has 0 fully saturated rings. The third-order valence-electron chi connectivity index (χ3n) is 4.17. The Balaban J connectivity index is 2.16. The summed E-state index contributed by atoms with van der Waals surface area (Å²) in [7, 11) is -2.77. The Morgan fingerprint density at radius 3 is 2.72 bits per heavy atom. The molecule has 0 aliphatic carbocycles. The van der Waals surface area contributed by atoms with Crippen molar-refractivity contribution in [1.82, 2.24) is 15.3 Å². The minimum Gasteiger partial charge on any atom is -0.508 e. The smallest absolute Gasteiger partial charge is 0.250 e. The molecule has 1 unspecified atom stereocenters. The molecule has 1 atom stereocenters. The van der Waals surface area contributed by atoms with Gasteiger partial charge in [-0.25, -0.2) is 13.9 Å². The van der Waals surface area contributed by atoms with Crippen molar-refractivity contribution < 1.29 is 23.5 Å². The normalized spacial score (nSPS) is 13.6. The lowest BCUT2D eigenvalue weighted by Gasteiger charge is -2.24. The van der Waals surface area contributed by atoms with Crippen LogP contribution in [0.5, 0.6) is 5.75 Å². The number of aromatic hydroxyl groups is 1. The average Bonchev–Trinajstić information content (AvgIpc) is 3.00. The summed E-state index contributed by atoms with van der Waals surface area (Å²) < 4.78 is 23.7. The molecule has 0 aliphatic rings. The molecule has 136 valence electrons. The molecule has 25 heavy (non-hydrogen) atoms. The predicted octanol–water partition coefficient (Wildman–Crippen LogP) is 1.08. The number of aryl methyl sites for hydroxylation is 2. The number of rotatable bonds is 7. The highest BCUT2D eigenvalue weighted by Gasteiger charge is 2.34. The second-order valence-electron chi connectivity index (χ2n) is 6.23. The van der Waals surface area contributed by atoms with E-state index in [1.807, 2.05) is 6.92 Å². The molecule has 1 aromatic heterocycles. The third-order valence-corrected chi connectivity index (χ3v) is 5.13. The van der Waals surface area contributed by atoms with Gasteiger partial charge in [-0.15, -0.1) is 0 Å². The first kappa shape index (κ1) is 18.9. The Hall–Kier alpha value is -2.39. The number of hydrogen-bond acceptors (Lipinski definition) is 6. The second-order valence-corrected chi connectivity index (χ2v) is 7.22. The lowest BCUT2D eigenvalue weighted by atomic mass is 9.88. The molecule has 1 aromatic carbocycles. The van der Waals surface area contributed by atoms with Gasteiger partial charge in [0.15, 0.2) is 0 Å². The maximum absolute atomic E-state index is 11.8. The summed E-state index contributed by atoms with van der Waals surface area (Å²) in [5.74, 6) is -0.917. The zero-order valence-electron chi connectivity index (χ0n) is 14.0. The molecule has 2 rings (SSSR count). The van der Waals surface area contributed by atoms with Gasteiger partial charge < -0.3 is 5.11 Å². The molecule has 2 aromatic rings. The van der Waals surface area contributed by atoms with Gasteiger partial charge in [-0.05, 0) is 43.5 Å². The quantitative estimate of drug-likeness (QED) is 0.330. The maximum Gasteiger partial charge on any atom is 0.250 e. The van der Waals surface area contributed by atoms with Crippen molar-refractivity contribution in [3.63, 3.8) is 0 Å². The van der Waals surface area contributed by atoms with Crippen LogP contribution in [0.15, 0.2) is 30.6 Å². The molecular weight excluding hydrogens is 346 g/mol. The number of phenolic OH excluding ortho intramolecular Hbond substituents is 1. The van der Waals surface area contributed by atoms with Gasteiger partial charge in [-0.2, -0.15) is 5.10 Å². The van der Waals surface area contributed by atoms with Crippen LogP contribution in [0.1, 0.15) is 18.9 Å². The molecule has 0 saturated heterocycles. The van der Waals surface area contributed by atoms with Crippen molar-refractivity contribution in [2.45, 2.75) is 26.8 Å². The zero-order chi connectivity index (χ0) is 18.6. The number of nitrogens with zero attached hydrogens (tertiary/aromatic N) is 2. The molecule has 8 nitrogen and oxygen atoms in total. The molecule has 0 aliphatic heterocycles. The number of nitrogens with one attached hydrogen (secondary N) is 1. The van der Waals surface area contributed by atoms with E-state index in [0.29, 0.717) is 6.54 Å². The first-order chi connectivity index (χ1) is 11.7. The topological polar surface area (TPSA) is 122 Å². The SMILES string of the molecule is Cc1cc(O)ccc1-c1cnn(CCC(C)(C[SH](=O)=O)C(=O)NO)c1. The molecule has 0 radical (unpaired) electrons. The van der Waals surface area contributed by atoms with Gasteiger partial charge in [0.2, 0.25) is 5.91 Å². The van der Waals surface area contributed by atoms with Crippen LogP contribution in [-0.2, 0) is 22.0 Å². The molecule has 1 amide bonds. The van der Waals surface area contributed by atoms with Crippen LogP contribution in [0.3, 0.4) is 0 Å². The van der Waals surface area contributed by atoms with Crippen LogP contribution >= 0.6 is 0 Å². The van der Waals surface area contributed by atoms with Crippen LogP contribution in [0.25, 0.3) is 11.1 Å². The van der Waals surface area contributed by atoms with Crippen LogP contribution in [-0.4, -0.2) is 40.2 Å². The first-order valence-corrected chi connectivity index (χ1v) is 9.00. The number of phenols is 1. The van der Waals surface area contributed by atoms with Crippen molar-refractivity contribution in [3.8, 4) is 16.9 Å². The van der Waals surface area contributed by atoms with Crippen molar-refractivity contribution >= 4 is 16.6 Å². The van der Waals surface area contributed by atoms with Crippen LogP contribution < -0.4 is 5.48 Å².